The average molecular weight is 284 g/mol. The second kappa shape index (κ2) is 7.09. The summed E-state index contributed by atoms with van der Waals surface area (Å²) in [5.74, 6) is -0.220. The van der Waals surface area contributed by atoms with E-state index in [1.165, 1.54) is 12.3 Å². The molecule has 21 heavy (non-hydrogen) atoms. The lowest BCUT2D eigenvalue weighted by molar-refractivity contribution is -0.117. The maximum atomic E-state index is 12.1. The quantitative estimate of drug-likeness (QED) is 0.827. The van der Waals surface area contributed by atoms with Crippen molar-refractivity contribution in [3.05, 3.63) is 65.7 Å². The molecule has 2 N–H and O–H groups in total. The molecule has 0 saturated heterocycles. The molecule has 1 aromatic heterocycles. The normalized spacial score (nSPS) is 11.0. The Morgan fingerprint density at radius 2 is 1.90 bits per heavy atom. The molecule has 0 saturated carbocycles. The summed E-state index contributed by atoms with van der Waals surface area (Å²) in [6, 6.07) is 12.1. The number of amides is 2. The minimum absolute atomic E-state index is 0.139. The molecule has 2 amide bonds. The zero-order chi connectivity index (χ0) is 15.1. The fraction of sp³-hybridized carbons (Fsp3) is 0.125. The highest BCUT2D eigenvalue weighted by atomic mass is 16.3. The molecule has 5 nitrogen and oxygen atoms in total. The standard InChI is InChI=1S/C16H16N2O3/c1-2-17-16(20)14(11-13-9-6-10-21-13)18-15(19)12-7-4-3-5-8-12/h3-11H,2H2,1H3,(H,17,20)(H,18,19). The van der Waals surface area contributed by atoms with Crippen molar-refractivity contribution < 1.29 is 14.0 Å². The minimum Gasteiger partial charge on any atom is -0.465 e. The first-order valence-electron chi connectivity index (χ1n) is 6.60. The van der Waals surface area contributed by atoms with Crippen LogP contribution >= 0.6 is 0 Å². The second-order valence-electron chi connectivity index (χ2n) is 4.25. The summed E-state index contributed by atoms with van der Waals surface area (Å²) in [6.07, 6.45) is 2.99. The van der Waals surface area contributed by atoms with Gasteiger partial charge in [0.05, 0.1) is 6.26 Å². The molecule has 0 fully saturated rings. The van der Waals surface area contributed by atoms with Crippen molar-refractivity contribution in [1.29, 1.82) is 0 Å². The average Bonchev–Trinajstić information content (AvgIpc) is 3.00. The highest BCUT2D eigenvalue weighted by Crippen LogP contribution is 2.07. The van der Waals surface area contributed by atoms with E-state index in [0.29, 0.717) is 17.9 Å². The highest BCUT2D eigenvalue weighted by molar-refractivity contribution is 6.05. The monoisotopic (exact) mass is 284 g/mol. The molecular weight excluding hydrogens is 268 g/mol. The van der Waals surface area contributed by atoms with E-state index in [-0.39, 0.29) is 17.5 Å². The van der Waals surface area contributed by atoms with Crippen LogP contribution in [0.3, 0.4) is 0 Å². The predicted octanol–water partition coefficient (Wildman–Crippen LogP) is 2.19. The van der Waals surface area contributed by atoms with Gasteiger partial charge in [0.1, 0.15) is 11.5 Å². The fourth-order valence-electron chi connectivity index (χ4n) is 1.71. The summed E-state index contributed by atoms with van der Waals surface area (Å²) >= 11 is 0. The smallest absolute Gasteiger partial charge is 0.267 e. The van der Waals surface area contributed by atoms with Crippen LogP contribution in [0.15, 0.2) is 58.8 Å². The summed E-state index contributed by atoms with van der Waals surface area (Å²) in [6.45, 7) is 2.27. The number of likely N-dealkylation sites (N-methyl/N-ethyl adjacent to an activating group) is 1. The molecule has 0 bridgehead atoms. The molecule has 0 aliphatic rings. The Morgan fingerprint density at radius 1 is 1.14 bits per heavy atom. The lowest BCUT2D eigenvalue weighted by Gasteiger charge is -2.09. The minimum atomic E-state index is -0.363. The zero-order valence-electron chi connectivity index (χ0n) is 11.6. The molecule has 0 spiro atoms. The number of benzene rings is 1. The number of furan rings is 1. The van der Waals surface area contributed by atoms with E-state index in [2.05, 4.69) is 10.6 Å². The topological polar surface area (TPSA) is 71.3 Å². The van der Waals surface area contributed by atoms with Gasteiger partial charge in [-0.1, -0.05) is 18.2 Å². The first-order valence-corrected chi connectivity index (χ1v) is 6.60. The van der Waals surface area contributed by atoms with E-state index in [1.54, 1.807) is 43.3 Å². The van der Waals surface area contributed by atoms with Crippen LogP contribution in [0, 0.1) is 0 Å². The number of hydrogen-bond donors (Lipinski definition) is 2. The summed E-state index contributed by atoms with van der Waals surface area (Å²) in [7, 11) is 0. The largest absolute Gasteiger partial charge is 0.465 e. The molecule has 2 aromatic rings. The Morgan fingerprint density at radius 3 is 2.52 bits per heavy atom. The second-order valence-corrected chi connectivity index (χ2v) is 4.25. The van der Waals surface area contributed by atoms with Crippen LogP contribution < -0.4 is 10.6 Å². The van der Waals surface area contributed by atoms with Crippen molar-refractivity contribution in [2.75, 3.05) is 6.54 Å². The van der Waals surface area contributed by atoms with E-state index in [9.17, 15) is 9.59 Å². The van der Waals surface area contributed by atoms with Gasteiger partial charge in [-0.15, -0.1) is 0 Å². The molecule has 1 aromatic carbocycles. The van der Waals surface area contributed by atoms with E-state index >= 15 is 0 Å². The lowest BCUT2D eigenvalue weighted by atomic mass is 10.2. The Kier molecular flexibility index (Phi) is 4.93. The van der Waals surface area contributed by atoms with Gasteiger partial charge in [0.25, 0.3) is 11.8 Å². The van der Waals surface area contributed by atoms with Crippen molar-refractivity contribution >= 4 is 17.9 Å². The Bertz CT molecular complexity index is 631. The molecule has 0 aliphatic carbocycles. The van der Waals surface area contributed by atoms with E-state index in [4.69, 9.17) is 4.42 Å². The summed E-state index contributed by atoms with van der Waals surface area (Å²) < 4.78 is 5.17. The van der Waals surface area contributed by atoms with Crippen LogP contribution in [-0.4, -0.2) is 18.4 Å². The number of carbonyl (C=O) groups is 2. The van der Waals surface area contributed by atoms with Crippen LogP contribution in [0.5, 0.6) is 0 Å². The Labute approximate surface area is 122 Å². The molecule has 0 unspecified atom stereocenters. The van der Waals surface area contributed by atoms with Gasteiger partial charge in [0.2, 0.25) is 0 Å². The van der Waals surface area contributed by atoms with Crippen molar-refractivity contribution in [3.8, 4) is 0 Å². The number of rotatable bonds is 5. The third kappa shape index (κ3) is 4.07. The van der Waals surface area contributed by atoms with Crippen LogP contribution in [0.2, 0.25) is 0 Å². The summed E-state index contributed by atoms with van der Waals surface area (Å²) in [4.78, 5) is 24.1. The van der Waals surface area contributed by atoms with Gasteiger partial charge < -0.3 is 15.1 Å². The number of nitrogens with one attached hydrogen (secondary N) is 2. The van der Waals surface area contributed by atoms with Crippen molar-refractivity contribution in [2.45, 2.75) is 6.92 Å². The van der Waals surface area contributed by atoms with Gasteiger partial charge in [0.15, 0.2) is 0 Å². The Balaban J connectivity index is 2.20. The van der Waals surface area contributed by atoms with Gasteiger partial charge in [-0.3, -0.25) is 9.59 Å². The maximum absolute atomic E-state index is 12.1. The third-order valence-electron chi connectivity index (χ3n) is 2.70. The predicted molar refractivity (Wildman–Crippen MR) is 79.3 cm³/mol. The molecule has 0 aliphatic heterocycles. The first-order chi connectivity index (χ1) is 10.2. The number of hydrogen-bond acceptors (Lipinski definition) is 3. The van der Waals surface area contributed by atoms with E-state index < -0.39 is 0 Å². The fourth-order valence-corrected chi connectivity index (χ4v) is 1.71. The van der Waals surface area contributed by atoms with E-state index in [1.807, 2.05) is 6.07 Å². The summed E-state index contributed by atoms with van der Waals surface area (Å²) in [5.41, 5.74) is 0.618. The molecule has 0 atom stereocenters. The van der Waals surface area contributed by atoms with Crippen molar-refractivity contribution in [2.24, 2.45) is 0 Å². The molecule has 5 heteroatoms. The lowest BCUT2D eigenvalue weighted by Crippen LogP contribution is -2.34. The third-order valence-corrected chi connectivity index (χ3v) is 2.70. The Hall–Kier alpha value is -2.82. The van der Waals surface area contributed by atoms with Crippen molar-refractivity contribution in [1.82, 2.24) is 10.6 Å². The van der Waals surface area contributed by atoms with Crippen LogP contribution in [0.25, 0.3) is 6.08 Å². The molecule has 1 heterocycles. The SMILES string of the molecule is CCNC(=O)C(=Cc1ccco1)NC(=O)c1ccccc1. The van der Waals surface area contributed by atoms with E-state index in [0.717, 1.165) is 0 Å². The zero-order valence-corrected chi connectivity index (χ0v) is 11.6. The molecule has 0 radical (unpaired) electrons. The van der Waals surface area contributed by atoms with Gasteiger partial charge in [-0.05, 0) is 31.2 Å². The van der Waals surface area contributed by atoms with Crippen molar-refractivity contribution in [3.63, 3.8) is 0 Å². The van der Waals surface area contributed by atoms with Crippen LogP contribution in [0.4, 0.5) is 0 Å². The van der Waals surface area contributed by atoms with Gasteiger partial charge >= 0.3 is 0 Å². The summed E-state index contributed by atoms with van der Waals surface area (Å²) in [5, 5.41) is 5.26. The molecule has 2 rings (SSSR count). The highest BCUT2D eigenvalue weighted by Gasteiger charge is 2.14. The van der Waals surface area contributed by atoms with Gasteiger partial charge in [0, 0.05) is 18.2 Å². The molecular formula is C16H16N2O3. The first kappa shape index (κ1) is 14.6. The maximum Gasteiger partial charge on any atom is 0.267 e. The number of carbonyl (C=O) groups excluding carboxylic acids is 2. The van der Waals surface area contributed by atoms with Gasteiger partial charge in [-0.25, -0.2) is 0 Å². The van der Waals surface area contributed by atoms with Gasteiger partial charge in [-0.2, -0.15) is 0 Å². The van der Waals surface area contributed by atoms with Crippen LogP contribution in [0.1, 0.15) is 23.0 Å². The van der Waals surface area contributed by atoms with Crippen LogP contribution in [-0.2, 0) is 4.79 Å². The molecule has 108 valence electrons.